The number of rotatable bonds is 0. The summed E-state index contributed by atoms with van der Waals surface area (Å²) in [4.78, 5) is 0. The van der Waals surface area contributed by atoms with Crippen LogP contribution in [0.4, 0.5) is 4.39 Å². The monoisotopic (exact) mass is 120 g/mol. The number of halogens is 1. The van der Waals surface area contributed by atoms with E-state index in [1.807, 2.05) is 0 Å². The van der Waals surface area contributed by atoms with E-state index in [9.17, 15) is 4.39 Å². The topological polar surface area (TPSA) is 0 Å². The van der Waals surface area contributed by atoms with Gasteiger partial charge < -0.3 is 0 Å². The standard InChI is InChI=1S/C3H3FP2/c4-3-1-5-2-6-3/h1H,2H2. The van der Waals surface area contributed by atoms with E-state index < -0.39 is 0 Å². The average molecular weight is 120 g/mol. The second-order valence-corrected chi connectivity index (χ2v) is 3.43. The van der Waals surface area contributed by atoms with Gasteiger partial charge in [0.1, 0.15) is 5.55 Å². The lowest BCUT2D eigenvalue weighted by Gasteiger charge is -1.65. The molecule has 0 saturated heterocycles. The lowest BCUT2D eigenvalue weighted by Crippen LogP contribution is -1.73. The molecule has 0 fully saturated rings. The molecule has 0 aromatic heterocycles. The number of hydrogen-bond donors (Lipinski definition) is 0. The van der Waals surface area contributed by atoms with Crippen molar-refractivity contribution < 1.29 is 4.39 Å². The van der Waals surface area contributed by atoms with Crippen LogP contribution in [0.3, 0.4) is 0 Å². The van der Waals surface area contributed by atoms with E-state index in [4.69, 9.17) is 0 Å². The van der Waals surface area contributed by atoms with E-state index in [1.165, 1.54) is 0 Å². The van der Waals surface area contributed by atoms with Crippen LogP contribution in [0, 0.1) is 0 Å². The molecule has 1 rings (SSSR count). The first-order valence-corrected chi connectivity index (χ1v) is 3.82. The molecule has 0 aliphatic carbocycles. The summed E-state index contributed by atoms with van der Waals surface area (Å²) in [6.45, 7) is 0. The van der Waals surface area contributed by atoms with Gasteiger partial charge >= 0.3 is 0 Å². The fourth-order valence-corrected chi connectivity index (χ4v) is 2.18. The van der Waals surface area contributed by atoms with Gasteiger partial charge in [-0.15, -0.1) is 0 Å². The summed E-state index contributed by atoms with van der Waals surface area (Å²) in [6.07, 6.45) is 0. The third-order valence-electron chi connectivity index (χ3n) is 0.501. The fraction of sp³-hybridized carbons (Fsp3) is 0.333. The molecule has 32 valence electrons. The van der Waals surface area contributed by atoms with Crippen LogP contribution in [-0.2, 0) is 0 Å². The van der Waals surface area contributed by atoms with E-state index in [-0.39, 0.29) is 5.55 Å². The highest BCUT2D eigenvalue weighted by atomic mass is 31.1. The van der Waals surface area contributed by atoms with Gasteiger partial charge in [0.05, 0.1) is 0 Å². The molecule has 0 nitrogen and oxygen atoms in total. The molecule has 1 aliphatic heterocycles. The molecule has 0 aromatic carbocycles. The predicted octanol–water partition coefficient (Wildman–Crippen LogP) is 1.75. The van der Waals surface area contributed by atoms with Gasteiger partial charge in [-0.1, -0.05) is 16.4 Å². The Morgan fingerprint density at radius 3 is 2.83 bits per heavy atom. The highest BCUT2D eigenvalue weighted by molar-refractivity contribution is 7.65. The molecule has 0 spiro atoms. The van der Waals surface area contributed by atoms with Gasteiger partial charge in [-0.3, -0.25) is 0 Å². The summed E-state index contributed by atoms with van der Waals surface area (Å²) in [5, 5.41) is 0. The van der Waals surface area contributed by atoms with Crippen LogP contribution in [0.15, 0.2) is 0 Å². The van der Waals surface area contributed by atoms with Gasteiger partial charge in [-0.25, -0.2) is 4.39 Å². The van der Waals surface area contributed by atoms with Crippen molar-refractivity contribution in [3.05, 3.63) is 0 Å². The van der Waals surface area contributed by atoms with Crippen LogP contribution in [0.25, 0.3) is 0 Å². The minimum Gasteiger partial charge on any atom is -0.202 e. The Hall–Kier alpha value is 0.270. The summed E-state index contributed by atoms with van der Waals surface area (Å²) < 4.78 is 11.8. The maximum Gasteiger partial charge on any atom is 0.150 e. The van der Waals surface area contributed by atoms with E-state index in [2.05, 4.69) is 0 Å². The first kappa shape index (κ1) is 4.43. The average Bonchev–Trinajstić information content (AvgIpc) is 1.86. The van der Waals surface area contributed by atoms with Crippen LogP contribution in [-0.4, -0.2) is 17.2 Å². The molecule has 6 heavy (non-hydrogen) atoms. The first-order chi connectivity index (χ1) is 2.89. The lowest BCUT2D eigenvalue weighted by molar-refractivity contribution is 0.847. The molecule has 0 saturated carbocycles. The Kier molecular flexibility index (Phi) is 1.34. The Balaban J connectivity index is 2.68. The highest BCUT2D eigenvalue weighted by Gasteiger charge is 1.91. The zero-order valence-electron chi connectivity index (χ0n) is 3.06. The van der Waals surface area contributed by atoms with Gasteiger partial charge in [0.15, 0.2) is 0 Å². The third-order valence-corrected chi connectivity index (χ3v) is 2.76. The fourth-order valence-electron chi connectivity index (χ4n) is 0.265. The molecule has 0 radical (unpaired) electrons. The van der Waals surface area contributed by atoms with E-state index >= 15 is 0 Å². The van der Waals surface area contributed by atoms with Crippen LogP contribution >= 0.6 is 16.4 Å². The minimum atomic E-state index is 0.0386. The Morgan fingerprint density at radius 1 is 1.83 bits per heavy atom. The van der Waals surface area contributed by atoms with Gasteiger partial charge in [0.2, 0.25) is 0 Å². The Bertz CT molecular complexity index is 103. The largest absolute Gasteiger partial charge is 0.202 e. The first-order valence-electron chi connectivity index (χ1n) is 1.59. The summed E-state index contributed by atoms with van der Waals surface area (Å²) in [5.74, 6) is 2.58. The predicted molar refractivity (Wildman–Crippen MR) is 30.9 cm³/mol. The SMILES string of the molecule is FC1=PCP=C1. The van der Waals surface area contributed by atoms with Gasteiger partial charge in [-0.05, 0) is 0 Å². The molecule has 3 heteroatoms. The zero-order valence-corrected chi connectivity index (χ0v) is 4.85. The molecule has 0 atom stereocenters. The minimum absolute atomic E-state index is 0.0386. The van der Waals surface area contributed by atoms with E-state index in [1.54, 1.807) is 5.80 Å². The maximum absolute atomic E-state index is 11.8. The van der Waals surface area contributed by atoms with Crippen molar-refractivity contribution in [3.8, 4) is 0 Å². The molecular formula is C3H3FP2. The summed E-state index contributed by atoms with van der Waals surface area (Å²) in [6, 6.07) is 0. The van der Waals surface area contributed by atoms with Crippen molar-refractivity contribution in [1.29, 1.82) is 0 Å². The van der Waals surface area contributed by atoms with Gasteiger partial charge in [-0.2, -0.15) is 0 Å². The van der Waals surface area contributed by atoms with E-state index in [0.29, 0.717) is 0 Å². The highest BCUT2D eigenvalue weighted by Crippen LogP contribution is 2.16. The Labute approximate surface area is 39.0 Å². The molecular weight excluding hydrogens is 117 g/mol. The second kappa shape index (κ2) is 1.82. The maximum atomic E-state index is 11.8. The van der Waals surface area contributed by atoms with Gasteiger partial charge in [0, 0.05) is 11.7 Å². The molecule has 0 bridgehead atoms. The summed E-state index contributed by atoms with van der Waals surface area (Å²) in [5.41, 5.74) is 0.0386. The molecule has 0 N–H and O–H groups in total. The molecule has 1 aliphatic rings. The summed E-state index contributed by atoms with van der Waals surface area (Å²) in [7, 11) is 2.01. The second-order valence-electron chi connectivity index (χ2n) is 0.934. The molecule has 1 heterocycles. The smallest absolute Gasteiger partial charge is 0.150 e. The van der Waals surface area contributed by atoms with Crippen LogP contribution < -0.4 is 0 Å². The lowest BCUT2D eigenvalue weighted by atomic mass is 10.9. The molecule has 0 amide bonds. The normalized spacial score (nSPS) is 23.8. The molecule has 0 unspecified atom stereocenters. The van der Waals surface area contributed by atoms with Crippen molar-refractivity contribution in [1.82, 2.24) is 0 Å². The van der Waals surface area contributed by atoms with Crippen molar-refractivity contribution >= 4 is 27.8 Å². The zero-order chi connectivity index (χ0) is 4.41. The van der Waals surface area contributed by atoms with Crippen molar-refractivity contribution in [2.24, 2.45) is 0 Å². The van der Waals surface area contributed by atoms with Crippen LogP contribution in [0.5, 0.6) is 0 Å². The van der Waals surface area contributed by atoms with Gasteiger partial charge in [0.25, 0.3) is 0 Å². The Morgan fingerprint density at radius 2 is 2.67 bits per heavy atom. The van der Waals surface area contributed by atoms with Crippen molar-refractivity contribution in [2.75, 3.05) is 5.90 Å². The van der Waals surface area contributed by atoms with E-state index in [0.717, 1.165) is 22.3 Å². The third kappa shape index (κ3) is 0.864. The van der Waals surface area contributed by atoms with Crippen LogP contribution in [0.2, 0.25) is 0 Å². The quantitative estimate of drug-likeness (QED) is 0.427. The van der Waals surface area contributed by atoms with Crippen molar-refractivity contribution in [2.45, 2.75) is 0 Å². The van der Waals surface area contributed by atoms with Crippen molar-refractivity contribution in [3.63, 3.8) is 0 Å². The molecule has 0 aromatic rings. The van der Waals surface area contributed by atoms with Crippen LogP contribution in [0.1, 0.15) is 0 Å². The number of hydrogen-bond acceptors (Lipinski definition) is 0. The summed E-state index contributed by atoms with van der Waals surface area (Å²) >= 11 is 0.